The van der Waals surface area contributed by atoms with Crippen molar-refractivity contribution in [3.05, 3.63) is 35.9 Å². The molecule has 9 N–H and O–H groups in total. The number of rotatable bonds is 13. The molecule has 2 heterocycles. The molecule has 4 rings (SSSR count). The topological polar surface area (TPSA) is 264 Å². The van der Waals surface area contributed by atoms with E-state index in [9.17, 15) is 50.8 Å². The summed E-state index contributed by atoms with van der Waals surface area (Å²) in [5.41, 5.74) is -6.19. The maximum absolute atomic E-state index is 12.5. The quantitative estimate of drug-likeness (QED) is 0.0657. The zero-order valence-electron chi connectivity index (χ0n) is 30.0. The number of aromatic hydroxyl groups is 1. The summed E-state index contributed by atoms with van der Waals surface area (Å²) in [5.74, 6) is -0.930. The van der Waals surface area contributed by atoms with Gasteiger partial charge in [-0.1, -0.05) is 26.0 Å². The van der Waals surface area contributed by atoms with Gasteiger partial charge in [0, 0.05) is 17.9 Å². The van der Waals surface area contributed by atoms with Crippen LogP contribution in [0.25, 0.3) is 6.08 Å². The fourth-order valence-corrected chi connectivity index (χ4v) is 6.88. The Bertz CT molecular complexity index is 1400. The van der Waals surface area contributed by atoms with Crippen LogP contribution in [-0.2, 0) is 28.5 Å². The van der Waals surface area contributed by atoms with Gasteiger partial charge < -0.3 is 79.1 Å². The second-order valence-electron chi connectivity index (χ2n) is 14.4. The van der Waals surface area contributed by atoms with Crippen molar-refractivity contribution in [2.45, 2.75) is 113 Å². The van der Waals surface area contributed by atoms with Crippen LogP contribution in [0, 0.1) is 5.41 Å². The Kier molecular flexibility index (Phi) is 13.0. The predicted octanol–water partition coefficient (Wildman–Crippen LogP) is -1.14. The SMILES string of the molecule is COc1cc(C=CC(=O)OCC2(O)COC(OC3C(OC(C)C=CC4(O)C(C)(C)CC(O)CC4(C)O)OC(CO)C(O)C3O)C2O)cc(OC)c1O. The van der Waals surface area contributed by atoms with Gasteiger partial charge in [0.25, 0.3) is 0 Å². The summed E-state index contributed by atoms with van der Waals surface area (Å²) in [7, 11) is 2.69. The van der Waals surface area contributed by atoms with Gasteiger partial charge in [-0.05, 0) is 44.0 Å². The van der Waals surface area contributed by atoms with E-state index in [2.05, 4.69) is 0 Å². The standard InChI is InChI=1S/C35H52O17/c1-18(9-10-35(45)32(2,3)13-20(37)14-33(35,4)43)50-30-28(27(41)26(40)23(15-36)51-30)52-31-29(42)34(44,17-49-31)16-48-24(38)8-7-19-11-21(46-5)25(39)22(12-19)47-6/h7-12,18,20,23,26-31,36-37,39-45H,13-17H2,1-6H3. The first-order valence-electron chi connectivity index (χ1n) is 16.8. The van der Waals surface area contributed by atoms with Crippen LogP contribution in [0.3, 0.4) is 0 Å². The molecule has 1 saturated carbocycles. The highest BCUT2D eigenvalue weighted by atomic mass is 16.8. The van der Waals surface area contributed by atoms with Crippen LogP contribution in [0.5, 0.6) is 17.2 Å². The zero-order valence-corrected chi connectivity index (χ0v) is 30.0. The van der Waals surface area contributed by atoms with Crippen molar-refractivity contribution >= 4 is 12.0 Å². The molecule has 17 nitrogen and oxygen atoms in total. The zero-order chi connectivity index (χ0) is 38.8. The first-order valence-corrected chi connectivity index (χ1v) is 16.8. The number of aliphatic hydroxyl groups is 8. The van der Waals surface area contributed by atoms with Crippen LogP contribution in [0.4, 0.5) is 0 Å². The van der Waals surface area contributed by atoms with Crippen LogP contribution < -0.4 is 9.47 Å². The molecular weight excluding hydrogens is 692 g/mol. The normalized spacial score (nSPS) is 38.4. The van der Waals surface area contributed by atoms with Crippen molar-refractivity contribution in [1.29, 1.82) is 0 Å². The first-order chi connectivity index (χ1) is 24.2. The molecule has 1 aromatic rings. The third kappa shape index (κ3) is 8.56. The Morgan fingerprint density at radius 3 is 2.21 bits per heavy atom. The molecule has 1 aliphatic carbocycles. The van der Waals surface area contributed by atoms with E-state index in [0.717, 1.165) is 6.08 Å². The number of phenolic OH excluding ortho intramolecular Hbond substituents is 1. The molecule has 0 aromatic heterocycles. The van der Waals surface area contributed by atoms with Crippen LogP contribution in [0.1, 0.15) is 46.1 Å². The monoisotopic (exact) mass is 744 g/mol. The number of hydrogen-bond donors (Lipinski definition) is 9. The van der Waals surface area contributed by atoms with Gasteiger partial charge in [-0.15, -0.1) is 0 Å². The minimum Gasteiger partial charge on any atom is -0.502 e. The molecule has 0 bridgehead atoms. The number of esters is 1. The average Bonchev–Trinajstić information content (AvgIpc) is 3.36. The summed E-state index contributed by atoms with van der Waals surface area (Å²) < 4.78 is 38.2. The van der Waals surface area contributed by atoms with Crippen molar-refractivity contribution in [3.63, 3.8) is 0 Å². The first kappa shape index (κ1) is 41.8. The molecule has 0 amide bonds. The lowest BCUT2D eigenvalue weighted by atomic mass is 9.57. The van der Waals surface area contributed by atoms with Crippen molar-refractivity contribution in [3.8, 4) is 17.2 Å². The van der Waals surface area contributed by atoms with Crippen LogP contribution >= 0.6 is 0 Å². The summed E-state index contributed by atoms with van der Waals surface area (Å²) in [6.45, 7) is 4.38. The molecular formula is C35H52O17. The van der Waals surface area contributed by atoms with Crippen molar-refractivity contribution in [1.82, 2.24) is 0 Å². The number of aliphatic hydroxyl groups excluding tert-OH is 5. The summed E-state index contributed by atoms with van der Waals surface area (Å²) in [6, 6.07) is 2.89. The van der Waals surface area contributed by atoms with Crippen LogP contribution in [0.2, 0.25) is 0 Å². The van der Waals surface area contributed by atoms with Gasteiger partial charge in [-0.2, -0.15) is 0 Å². The van der Waals surface area contributed by atoms with Crippen LogP contribution in [-0.4, -0.2) is 158 Å². The van der Waals surface area contributed by atoms with Crippen molar-refractivity contribution in [2.75, 3.05) is 34.0 Å². The molecule has 3 aliphatic rings. The molecule has 12 atom stereocenters. The highest BCUT2D eigenvalue weighted by Gasteiger charge is 2.59. The second-order valence-corrected chi connectivity index (χ2v) is 14.4. The Morgan fingerprint density at radius 2 is 1.63 bits per heavy atom. The van der Waals surface area contributed by atoms with E-state index in [1.165, 1.54) is 51.5 Å². The van der Waals surface area contributed by atoms with Crippen LogP contribution in [0.15, 0.2) is 30.4 Å². The number of ether oxygens (including phenoxy) is 7. The smallest absolute Gasteiger partial charge is 0.330 e. The van der Waals surface area contributed by atoms with Gasteiger partial charge in [0.1, 0.15) is 42.7 Å². The highest BCUT2D eigenvalue weighted by molar-refractivity contribution is 5.87. The number of phenols is 1. The van der Waals surface area contributed by atoms with Gasteiger partial charge >= 0.3 is 5.97 Å². The van der Waals surface area contributed by atoms with Gasteiger partial charge in [0.15, 0.2) is 29.7 Å². The molecule has 294 valence electrons. The minimum absolute atomic E-state index is 0.0759. The third-order valence-electron chi connectivity index (χ3n) is 9.99. The molecule has 0 radical (unpaired) electrons. The Hall–Kier alpha value is -2.91. The van der Waals surface area contributed by atoms with E-state index >= 15 is 0 Å². The lowest BCUT2D eigenvalue weighted by Gasteiger charge is -2.55. The van der Waals surface area contributed by atoms with E-state index in [-0.39, 0.29) is 30.1 Å². The van der Waals surface area contributed by atoms with E-state index in [4.69, 9.17) is 33.2 Å². The number of methoxy groups -OCH3 is 2. The summed E-state index contributed by atoms with van der Waals surface area (Å²) >= 11 is 0. The molecule has 1 aromatic carbocycles. The fraction of sp³-hybridized carbons (Fsp3) is 0.686. The third-order valence-corrected chi connectivity index (χ3v) is 9.99. The molecule has 52 heavy (non-hydrogen) atoms. The second kappa shape index (κ2) is 16.2. The number of carbonyl (C=O) groups excluding carboxylic acids is 1. The minimum atomic E-state index is -2.16. The molecule has 17 heteroatoms. The maximum atomic E-state index is 12.5. The van der Waals surface area contributed by atoms with E-state index in [1.807, 2.05) is 0 Å². The largest absolute Gasteiger partial charge is 0.502 e. The highest BCUT2D eigenvalue weighted by Crippen LogP contribution is 2.50. The van der Waals surface area contributed by atoms with E-state index in [0.29, 0.717) is 5.56 Å². The Morgan fingerprint density at radius 1 is 1.00 bits per heavy atom. The molecule has 12 unspecified atom stereocenters. The maximum Gasteiger partial charge on any atom is 0.330 e. The fourth-order valence-electron chi connectivity index (χ4n) is 6.88. The van der Waals surface area contributed by atoms with Gasteiger partial charge in [0.2, 0.25) is 5.75 Å². The van der Waals surface area contributed by atoms with Crippen molar-refractivity contribution < 1.29 is 83.9 Å². The number of benzene rings is 1. The molecule has 3 fully saturated rings. The lowest BCUT2D eigenvalue weighted by molar-refractivity contribution is -0.339. The van der Waals surface area contributed by atoms with Gasteiger partial charge in [0.05, 0.1) is 45.2 Å². The van der Waals surface area contributed by atoms with Crippen molar-refractivity contribution in [2.24, 2.45) is 5.41 Å². The average molecular weight is 745 g/mol. The Balaban J connectivity index is 1.43. The lowest BCUT2D eigenvalue weighted by Crippen LogP contribution is -2.65. The summed E-state index contributed by atoms with van der Waals surface area (Å²) in [6.07, 6.45) is -7.66. The summed E-state index contributed by atoms with van der Waals surface area (Å²) in [5, 5.41) is 96.4. The number of carbonyl (C=O) groups is 1. The summed E-state index contributed by atoms with van der Waals surface area (Å²) in [4.78, 5) is 12.5. The molecule has 0 spiro atoms. The molecule has 2 aliphatic heterocycles. The van der Waals surface area contributed by atoms with E-state index in [1.54, 1.807) is 20.8 Å². The van der Waals surface area contributed by atoms with E-state index < -0.39 is 103 Å². The van der Waals surface area contributed by atoms with Gasteiger partial charge in [-0.3, -0.25) is 0 Å². The number of hydrogen-bond acceptors (Lipinski definition) is 17. The van der Waals surface area contributed by atoms with Gasteiger partial charge in [-0.25, -0.2) is 4.79 Å². The molecule has 2 saturated heterocycles. The Labute approximate surface area is 301 Å². The predicted molar refractivity (Wildman–Crippen MR) is 179 cm³/mol.